The quantitative estimate of drug-likeness (QED) is 0.696. The van der Waals surface area contributed by atoms with Crippen molar-refractivity contribution in [2.24, 2.45) is 0 Å². The van der Waals surface area contributed by atoms with Gasteiger partial charge in [-0.05, 0) is 6.92 Å². The molecular formula is C10H15N3O. The summed E-state index contributed by atoms with van der Waals surface area (Å²) < 4.78 is 6.82. The van der Waals surface area contributed by atoms with Crippen LogP contribution >= 0.6 is 0 Å². The van der Waals surface area contributed by atoms with Crippen molar-refractivity contribution in [1.82, 2.24) is 14.6 Å². The second kappa shape index (κ2) is 4.60. The van der Waals surface area contributed by atoms with Crippen LogP contribution in [0.4, 0.5) is 0 Å². The smallest absolute Gasteiger partial charge is 0.196 e. The molecule has 2 rings (SSSR count). The standard InChI is InChI=1S/C8H9N3O.C2H6/c1-6-5-11-8(10-6)7(12-2)3-4-9-11;1-2/h3-5H,1-2H3;1-2H3. The van der Waals surface area contributed by atoms with E-state index in [9.17, 15) is 0 Å². The Morgan fingerprint density at radius 1 is 1.36 bits per heavy atom. The number of methoxy groups -OCH3 is 1. The van der Waals surface area contributed by atoms with E-state index in [0.29, 0.717) is 0 Å². The molecule has 4 heteroatoms. The van der Waals surface area contributed by atoms with Crippen LogP contribution in [0.5, 0.6) is 5.75 Å². The highest BCUT2D eigenvalue weighted by molar-refractivity contribution is 5.52. The van der Waals surface area contributed by atoms with Crippen molar-refractivity contribution >= 4 is 5.65 Å². The molecule has 76 valence electrons. The van der Waals surface area contributed by atoms with Crippen LogP contribution in [-0.4, -0.2) is 21.7 Å². The van der Waals surface area contributed by atoms with Gasteiger partial charge in [0, 0.05) is 6.07 Å². The zero-order valence-electron chi connectivity index (χ0n) is 8.98. The fourth-order valence-electron chi connectivity index (χ4n) is 1.15. The summed E-state index contributed by atoms with van der Waals surface area (Å²) in [6, 6.07) is 1.79. The molecule has 0 saturated heterocycles. The summed E-state index contributed by atoms with van der Waals surface area (Å²) in [7, 11) is 1.62. The van der Waals surface area contributed by atoms with Gasteiger partial charge in [-0.15, -0.1) is 0 Å². The molecule has 2 aromatic heterocycles. The molecule has 0 aromatic carbocycles. The molecule has 0 radical (unpaired) electrons. The number of aryl methyl sites for hydroxylation is 1. The Labute approximate surface area is 83.5 Å². The maximum absolute atomic E-state index is 5.12. The maximum Gasteiger partial charge on any atom is 0.196 e. The molecule has 0 N–H and O–H groups in total. The molecule has 0 aliphatic carbocycles. The van der Waals surface area contributed by atoms with Gasteiger partial charge in [-0.3, -0.25) is 0 Å². The predicted molar refractivity (Wildman–Crippen MR) is 55.6 cm³/mol. The van der Waals surface area contributed by atoms with E-state index in [0.717, 1.165) is 17.1 Å². The second-order valence-corrected chi connectivity index (χ2v) is 2.55. The second-order valence-electron chi connectivity index (χ2n) is 2.55. The van der Waals surface area contributed by atoms with E-state index in [4.69, 9.17) is 4.74 Å². The number of hydrogen-bond acceptors (Lipinski definition) is 3. The van der Waals surface area contributed by atoms with Gasteiger partial charge in [-0.1, -0.05) is 13.8 Å². The van der Waals surface area contributed by atoms with Gasteiger partial charge in [0.05, 0.1) is 25.2 Å². The molecule has 0 amide bonds. The summed E-state index contributed by atoms with van der Waals surface area (Å²) in [6.07, 6.45) is 3.55. The van der Waals surface area contributed by atoms with Gasteiger partial charge >= 0.3 is 0 Å². The van der Waals surface area contributed by atoms with E-state index in [1.165, 1.54) is 0 Å². The molecule has 2 aromatic rings. The Morgan fingerprint density at radius 3 is 2.71 bits per heavy atom. The van der Waals surface area contributed by atoms with E-state index in [1.807, 2.05) is 27.0 Å². The van der Waals surface area contributed by atoms with Crippen LogP contribution in [-0.2, 0) is 0 Å². The van der Waals surface area contributed by atoms with Crippen molar-refractivity contribution in [2.45, 2.75) is 20.8 Å². The number of aromatic nitrogens is 3. The molecule has 0 saturated carbocycles. The lowest BCUT2D eigenvalue weighted by atomic mass is 10.5. The minimum Gasteiger partial charge on any atom is -0.493 e. The first kappa shape index (κ1) is 10.5. The minimum absolute atomic E-state index is 0.748. The maximum atomic E-state index is 5.12. The first-order chi connectivity index (χ1) is 6.81. The highest BCUT2D eigenvalue weighted by Crippen LogP contribution is 2.15. The molecule has 0 unspecified atom stereocenters. The van der Waals surface area contributed by atoms with Crippen LogP contribution in [0.2, 0.25) is 0 Å². The van der Waals surface area contributed by atoms with Crippen molar-refractivity contribution in [3.05, 3.63) is 24.2 Å². The van der Waals surface area contributed by atoms with Crippen LogP contribution in [0.25, 0.3) is 5.65 Å². The summed E-state index contributed by atoms with van der Waals surface area (Å²) in [5.74, 6) is 0.748. The zero-order chi connectivity index (χ0) is 10.6. The average Bonchev–Trinajstić information content (AvgIpc) is 2.60. The van der Waals surface area contributed by atoms with Crippen LogP contribution in [0.15, 0.2) is 18.5 Å². The largest absolute Gasteiger partial charge is 0.493 e. The Balaban J connectivity index is 0.000000461. The number of fused-ring (bicyclic) bond motifs is 1. The summed E-state index contributed by atoms with van der Waals surface area (Å²) in [5, 5.41) is 4.08. The van der Waals surface area contributed by atoms with E-state index < -0.39 is 0 Å². The van der Waals surface area contributed by atoms with Gasteiger partial charge in [0.1, 0.15) is 0 Å². The van der Waals surface area contributed by atoms with Gasteiger partial charge in [0.25, 0.3) is 0 Å². The Kier molecular flexibility index (Phi) is 3.45. The molecule has 4 nitrogen and oxygen atoms in total. The summed E-state index contributed by atoms with van der Waals surface area (Å²) >= 11 is 0. The van der Waals surface area contributed by atoms with E-state index in [2.05, 4.69) is 10.1 Å². The first-order valence-corrected chi connectivity index (χ1v) is 4.66. The zero-order valence-corrected chi connectivity index (χ0v) is 8.98. The van der Waals surface area contributed by atoms with Crippen LogP contribution < -0.4 is 4.74 Å². The van der Waals surface area contributed by atoms with Crippen molar-refractivity contribution in [1.29, 1.82) is 0 Å². The third-order valence-electron chi connectivity index (χ3n) is 1.67. The van der Waals surface area contributed by atoms with Gasteiger partial charge in [-0.25, -0.2) is 9.50 Å². The van der Waals surface area contributed by atoms with Crippen molar-refractivity contribution < 1.29 is 4.74 Å². The molecule has 14 heavy (non-hydrogen) atoms. The predicted octanol–water partition coefficient (Wildman–Crippen LogP) is 2.07. The summed E-state index contributed by atoms with van der Waals surface area (Å²) in [5.41, 5.74) is 1.70. The number of ether oxygens (including phenoxy) is 1. The SMILES string of the molecule is CC.COc1ccnn2cc(C)nc12. The van der Waals surface area contributed by atoms with Crippen molar-refractivity contribution in [2.75, 3.05) is 7.11 Å². The number of hydrogen-bond donors (Lipinski definition) is 0. The number of rotatable bonds is 1. The van der Waals surface area contributed by atoms with Crippen molar-refractivity contribution in [3.63, 3.8) is 0 Å². The first-order valence-electron chi connectivity index (χ1n) is 4.66. The topological polar surface area (TPSA) is 39.4 Å². The highest BCUT2D eigenvalue weighted by Gasteiger charge is 2.03. The number of nitrogens with zero attached hydrogens (tertiary/aromatic N) is 3. The van der Waals surface area contributed by atoms with E-state index in [1.54, 1.807) is 23.9 Å². The lowest BCUT2D eigenvalue weighted by Gasteiger charge is -1.98. The third-order valence-corrected chi connectivity index (χ3v) is 1.67. The Morgan fingerprint density at radius 2 is 2.07 bits per heavy atom. The van der Waals surface area contributed by atoms with Gasteiger partial charge < -0.3 is 4.74 Å². The fraction of sp³-hybridized carbons (Fsp3) is 0.400. The highest BCUT2D eigenvalue weighted by atomic mass is 16.5. The van der Waals surface area contributed by atoms with Gasteiger partial charge in [0.15, 0.2) is 11.4 Å². The van der Waals surface area contributed by atoms with Crippen LogP contribution in [0.1, 0.15) is 19.5 Å². The molecule has 2 heterocycles. The molecule has 0 aliphatic rings. The normalized spacial score (nSPS) is 9.43. The number of imidazole rings is 1. The van der Waals surface area contributed by atoms with E-state index in [-0.39, 0.29) is 0 Å². The summed E-state index contributed by atoms with van der Waals surface area (Å²) in [6.45, 7) is 5.92. The van der Waals surface area contributed by atoms with Crippen LogP contribution in [0, 0.1) is 6.92 Å². The molecule has 0 aliphatic heterocycles. The van der Waals surface area contributed by atoms with Gasteiger partial charge in [-0.2, -0.15) is 5.10 Å². The fourth-order valence-corrected chi connectivity index (χ4v) is 1.15. The Hall–Kier alpha value is -1.58. The lowest BCUT2D eigenvalue weighted by molar-refractivity contribution is 0.415. The van der Waals surface area contributed by atoms with Crippen molar-refractivity contribution in [3.8, 4) is 5.75 Å². The Bertz CT molecular complexity index is 409. The lowest BCUT2D eigenvalue weighted by Crippen LogP contribution is -1.92. The minimum atomic E-state index is 0.748. The molecule has 0 spiro atoms. The monoisotopic (exact) mass is 193 g/mol. The summed E-state index contributed by atoms with van der Waals surface area (Å²) in [4.78, 5) is 4.26. The molecule has 0 atom stereocenters. The van der Waals surface area contributed by atoms with E-state index >= 15 is 0 Å². The third kappa shape index (κ3) is 1.84. The molecule has 0 fully saturated rings. The average molecular weight is 193 g/mol. The van der Waals surface area contributed by atoms with Gasteiger partial charge in [0.2, 0.25) is 0 Å². The molecule has 0 bridgehead atoms. The van der Waals surface area contributed by atoms with Crippen LogP contribution in [0.3, 0.4) is 0 Å². The molecular weight excluding hydrogens is 178 g/mol.